The summed E-state index contributed by atoms with van der Waals surface area (Å²) in [5.74, 6) is 0.885. The van der Waals surface area contributed by atoms with Crippen molar-refractivity contribution >= 4 is 23.4 Å². The zero-order valence-electron chi connectivity index (χ0n) is 14.1. The number of hydrogen-bond acceptors (Lipinski definition) is 7. The third-order valence-corrected chi connectivity index (χ3v) is 3.11. The molecule has 0 aliphatic rings. The van der Waals surface area contributed by atoms with Gasteiger partial charge in [0.1, 0.15) is 5.82 Å². The van der Waals surface area contributed by atoms with E-state index in [2.05, 4.69) is 20.6 Å². The monoisotopic (exact) mass is 330 g/mol. The molecule has 0 aliphatic heterocycles. The number of ether oxygens (including phenoxy) is 2. The summed E-state index contributed by atoms with van der Waals surface area (Å²) in [4.78, 5) is 20.4. The maximum atomic E-state index is 11.6. The van der Waals surface area contributed by atoms with Gasteiger partial charge in [-0.2, -0.15) is 4.98 Å². The lowest BCUT2D eigenvalue weighted by atomic mass is 10.2. The van der Waals surface area contributed by atoms with Crippen molar-refractivity contribution in [2.75, 3.05) is 37.5 Å². The number of rotatable bonds is 8. The van der Waals surface area contributed by atoms with E-state index in [4.69, 9.17) is 9.47 Å². The molecule has 0 amide bonds. The molecule has 0 aliphatic carbocycles. The quantitative estimate of drug-likeness (QED) is 0.568. The van der Waals surface area contributed by atoms with Crippen LogP contribution in [0.4, 0.5) is 17.5 Å². The molecule has 1 heterocycles. The van der Waals surface area contributed by atoms with Gasteiger partial charge in [-0.15, -0.1) is 0 Å². The van der Waals surface area contributed by atoms with Gasteiger partial charge in [0.2, 0.25) is 5.95 Å². The molecule has 0 radical (unpaired) electrons. The van der Waals surface area contributed by atoms with Crippen molar-refractivity contribution in [2.45, 2.75) is 13.8 Å². The number of nitrogens with zero attached hydrogens (tertiary/aromatic N) is 2. The highest BCUT2D eigenvalue weighted by molar-refractivity contribution is 5.89. The van der Waals surface area contributed by atoms with Crippen molar-refractivity contribution in [2.24, 2.45) is 0 Å². The number of hydrogen-bond donors (Lipinski definition) is 2. The summed E-state index contributed by atoms with van der Waals surface area (Å²) in [6.07, 6.45) is 0. The molecule has 0 fully saturated rings. The number of aromatic nitrogens is 2. The van der Waals surface area contributed by atoms with Crippen molar-refractivity contribution in [3.63, 3.8) is 0 Å². The first-order valence-corrected chi connectivity index (χ1v) is 7.75. The molecule has 2 rings (SSSR count). The van der Waals surface area contributed by atoms with Crippen LogP contribution in [0.2, 0.25) is 0 Å². The van der Waals surface area contributed by atoms with Crippen LogP contribution in [0.1, 0.15) is 23.0 Å². The summed E-state index contributed by atoms with van der Waals surface area (Å²) in [6.45, 7) is 5.25. The summed E-state index contributed by atoms with van der Waals surface area (Å²) in [5, 5.41) is 6.30. The second-order valence-corrected chi connectivity index (χ2v) is 5.06. The van der Waals surface area contributed by atoms with Gasteiger partial charge in [-0.05, 0) is 38.1 Å². The lowest BCUT2D eigenvalue weighted by Crippen LogP contribution is -2.11. The summed E-state index contributed by atoms with van der Waals surface area (Å²) in [5.41, 5.74) is 2.18. The van der Waals surface area contributed by atoms with E-state index in [1.807, 2.05) is 25.1 Å². The lowest BCUT2D eigenvalue weighted by molar-refractivity contribution is 0.0526. The van der Waals surface area contributed by atoms with Crippen LogP contribution in [-0.2, 0) is 9.47 Å². The second kappa shape index (κ2) is 8.83. The van der Waals surface area contributed by atoms with E-state index in [0.717, 1.165) is 11.4 Å². The largest absolute Gasteiger partial charge is 0.462 e. The second-order valence-electron chi connectivity index (χ2n) is 5.06. The molecule has 0 saturated heterocycles. The Morgan fingerprint density at radius 1 is 1.21 bits per heavy atom. The first kappa shape index (κ1) is 17.7. The summed E-state index contributed by atoms with van der Waals surface area (Å²) < 4.78 is 9.96. The van der Waals surface area contributed by atoms with Crippen molar-refractivity contribution in [3.8, 4) is 0 Å². The number of nitrogens with one attached hydrogen (secondary N) is 2. The van der Waals surface area contributed by atoms with Crippen molar-refractivity contribution in [3.05, 3.63) is 41.6 Å². The van der Waals surface area contributed by atoms with Crippen LogP contribution in [0.25, 0.3) is 0 Å². The Labute approximate surface area is 141 Å². The molecule has 0 bridgehead atoms. The predicted octanol–water partition coefficient (Wildman–Crippen LogP) is 2.76. The first-order chi connectivity index (χ1) is 11.6. The van der Waals surface area contributed by atoms with Gasteiger partial charge in [0.05, 0.1) is 18.8 Å². The van der Waals surface area contributed by atoms with E-state index in [1.165, 1.54) is 0 Å². The fourth-order valence-corrected chi connectivity index (χ4v) is 2.03. The number of anilines is 3. The molecule has 2 N–H and O–H groups in total. The molecule has 2 aromatic rings. The minimum absolute atomic E-state index is 0.327. The van der Waals surface area contributed by atoms with E-state index < -0.39 is 0 Å². The molecule has 24 heavy (non-hydrogen) atoms. The Bertz CT molecular complexity index is 674. The zero-order valence-corrected chi connectivity index (χ0v) is 14.1. The van der Waals surface area contributed by atoms with Gasteiger partial charge in [0, 0.05) is 31.1 Å². The van der Waals surface area contributed by atoms with E-state index >= 15 is 0 Å². The third kappa shape index (κ3) is 5.20. The highest BCUT2D eigenvalue weighted by Gasteiger charge is 2.07. The SMILES string of the molecule is CCOC(=O)c1ccc(Nc2cc(C)nc(NCCOC)n2)cc1. The number of aryl methyl sites for hydroxylation is 1. The molecular formula is C17H22N4O3. The molecule has 7 nitrogen and oxygen atoms in total. The van der Waals surface area contributed by atoms with Crippen LogP contribution < -0.4 is 10.6 Å². The fraction of sp³-hybridized carbons (Fsp3) is 0.353. The molecule has 0 spiro atoms. The Balaban J connectivity index is 2.06. The molecule has 128 valence electrons. The van der Waals surface area contributed by atoms with Crippen LogP contribution in [-0.4, -0.2) is 42.8 Å². The molecule has 1 aromatic heterocycles. The minimum atomic E-state index is -0.327. The van der Waals surface area contributed by atoms with Crippen LogP contribution in [0.3, 0.4) is 0 Å². The fourth-order valence-electron chi connectivity index (χ4n) is 2.03. The third-order valence-electron chi connectivity index (χ3n) is 3.11. The average Bonchev–Trinajstić information content (AvgIpc) is 2.55. The van der Waals surface area contributed by atoms with Gasteiger partial charge >= 0.3 is 5.97 Å². The van der Waals surface area contributed by atoms with Gasteiger partial charge in [0.25, 0.3) is 0 Å². The van der Waals surface area contributed by atoms with Crippen molar-refractivity contribution < 1.29 is 14.3 Å². The number of carbonyl (C=O) groups is 1. The number of esters is 1. The van der Waals surface area contributed by atoms with E-state index in [9.17, 15) is 4.79 Å². The highest BCUT2D eigenvalue weighted by Crippen LogP contribution is 2.17. The van der Waals surface area contributed by atoms with Crippen LogP contribution in [0.5, 0.6) is 0 Å². The smallest absolute Gasteiger partial charge is 0.338 e. The van der Waals surface area contributed by atoms with Crippen LogP contribution >= 0.6 is 0 Å². The Hall–Kier alpha value is -2.67. The lowest BCUT2D eigenvalue weighted by Gasteiger charge is -2.10. The zero-order chi connectivity index (χ0) is 17.4. The van der Waals surface area contributed by atoms with Gasteiger partial charge in [-0.1, -0.05) is 0 Å². The molecule has 1 aromatic carbocycles. The van der Waals surface area contributed by atoms with E-state index in [0.29, 0.717) is 37.1 Å². The standard InChI is InChI=1S/C17H22N4O3/c1-4-24-16(22)13-5-7-14(8-6-13)20-15-11-12(2)19-17(21-15)18-9-10-23-3/h5-8,11H,4,9-10H2,1-3H3,(H2,18,19,20,21). The topological polar surface area (TPSA) is 85.4 Å². The van der Waals surface area contributed by atoms with Gasteiger partial charge in [-0.3, -0.25) is 0 Å². The first-order valence-electron chi connectivity index (χ1n) is 7.75. The minimum Gasteiger partial charge on any atom is -0.462 e. The van der Waals surface area contributed by atoms with Crippen LogP contribution in [0.15, 0.2) is 30.3 Å². The van der Waals surface area contributed by atoms with Crippen LogP contribution in [0, 0.1) is 6.92 Å². The molecular weight excluding hydrogens is 308 g/mol. The maximum absolute atomic E-state index is 11.6. The Kier molecular flexibility index (Phi) is 6.51. The van der Waals surface area contributed by atoms with Gasteiger partial charge in [-0.25, -0.2) is 9.78 Å². The Morgan fingerprint density at radius 2 is 1.96 bits per heavy atom. The van der Waals surface area contributed by atoms with E-state index in [1.54, 1.807) is 26.2 Å². The number of carbonyl (C=O) groups excluding carboxylic acids is 1. The maximum Gasteiger partial charge on any atom is 0.338 e. The molecule has 0 unspecified atom stereocenters. The highest BCUT2D eigenvalue weighted by atomic mass is 16.5. The number of benzene rings is 1. The van der Waals surface area contributed by atoms with Gasteiger partial charge in [0.15, 0.2) is 0 Å². The van der Waals surface area contributed by atoms with Crippen molar-refractivity contribution in [1.82, 2.24) is 9.97 Å². The molecule has 7 heteroatoms. The summed E-state index contributed by atoms with van der Waals surface area (Å²) in [6, 6.07) is 8.89. The van der Waals surface area contributed by atoms with Crippen molar-refractivity contribution in [1.29, 1.82) is 0 Å². The normalized spacial score (nSPS) is 10.3. The summed E-state index contributed by atoms with van der Waals surface area (Å²) in [7, 11) is 1.64. The number of methoxy groups -OCH3 is 1. The summed E-state index contributed by atoms with van der Waals surface area (Å²) >= 11 is 0. The predicted molar refractivity (Wildman–Crippen MR) is 92.8 cm³/mol. The average molecular weight is 330 g/mol. The molecule has 0 atom stereocenters. The van der Waals surface area contributed by atoms with E-state index in [-0.39, 0.29) is 5.97 Å². The molecule has 0 saturated carbocycles. The Morgan fingerprint density at radius 3 is 2.62 bits per heavy atom. The van der Waals surface area contributed by atoms with Gasteiger partial charge < -0.3 is 20.1 Å².